The zero-order valence-corrected chi connectivity index (χ0v) is 18.0. The molecule has 7 heteroatoms. The first-order valence-corrected chi connectivity index (χ1v) is 10.7. The van der Waals surface area contributed by atoms with Gasteiger partial charge in [-0.05, 0) is 31.9 Å². The van der Waals surface area contributed by atoms with Crippen molar-refractivity contribution in [1.29, 1.82) is 0 Å². The minimum Gasteiger partial charge on any atom is -0.356 e. The van der Waals surface area contributed by atoms with E-state index in [0.29, 0.717) is 6.42 Å². The number of rotatable bonds is 8. The second kappa shape index (κ2) is 9.34. The first-order chi connectivity index (χ1) is 13.5. The molecule has 148 valence electrons. The number of benzene rings is 1. The summed E-state index contributed by atoms with van der Waals surface area (Å²) < 4.78 is 1.87. The molecular formula is C21H25ClN4OS. The van der Waals surface area contributed by atoms with E-state index in [2.05, 4.69) is 22.3 Å². The maximum atomic E-state index is 12.0. The summed E-state index contributed by atoms with van der Waals surface area (Å²) in [5.74, 6) is 0.0121. The number of unbranched alkanes of at least 4 members (excludes halogenated alkanes) is 1. The van der Waals surface area contributed by atoms with Crippen LogP contribution < -0.4 is 5.32 Å². The largest absolute Gasteiger partial charge is 0.356 e. The smallest absolute Gasteiger partial charge is 0.226 e. The highest BCUT2D eigenvalue weighted by molar-refractivity contribution is 7.12. The van der Waals surface area contributed by atoms with Crippen molar-refractivity contribution in [2.24, 2.45) is 0 Å². The Labute approximate surface area is 174 Å². The predicted molar refractivity (Wildman–Crippen MR) is 115 cm³/mol. The lowest BCUT2D eigenvalue weighted by atomic mass is 10.0. The van der Waals surface area contributed by atoms with Gasteiger partial charge in [-0.1, -0.05) is 43.1 Å². The van der Waals surface area contributed by atoms with Crippen molar-refractivity contribution >= 4 is 28.8 Å². The Balaban J connectivity index is 1.75. The summed E-state index contributed by atoms with van der Waals surface area (Å²) in [6.45, 7) is 6.87. The molecule has 0 fully saturated rings. The minimum atomic E-state index is 0.0121. The molecule has 0 unspecified atom stereocenters. The number of aromatic nitrogens is 3. The number of amides is 1. The van der Waals surface area contributed by atoms with Gasteiger partial charge in [0.25, 0.3) is 0 Å². The molecule has 0 spiro atoms. The average Bonchev–Trinajstić information content (AvgIpc) is 3.23. The Hall–Kier alpha value is -2.18. The molecule has 0 aliphatic rings. The number of nitrogens with zero attached hydrogens (tertiary/aromatic N) is 3. The van der Waals surface area contributed by atoms with Crippen molar-refractivity contribution in [3.63, 3.8) is 0 Å². The van der Waals surface area contributed by atoms with Gasteiger partial charge in [-0.2, -0.15) is 5.10 Å². The summed E-state index contributed by atoms with van der Waals surface area (Å²) in [5.41, 5.74) is 5.02. The lowest BCUT2D eigenvalue weighted by molar-refractivity contribution is -0.120. The van der Waals surface area contributed by atoms with E-state index < -0.39 is 0 Å². The van der Waals surface area contributed by atoms with Crippen LogP contribution in [0.3, 0.4) is 0 Å². The fourth-order valence-electron chi connectivity index (χ4n) is 3.06. The van der Waals surface area contributed by atoms with Gasteiger partial charge in [-0.25, -0.2) is 9.67 Å². The molecule has 0 radical (unpaired) electrons. The van der Waals surface area contributed by atoms with Crippen molar-refractivity contribution in [2.45, 2.75) is 46.5 Å². The number of hydrogen-bond acceptors (Lipinski definition) is 4. The van der Waals surface area contributed by atoms with E-state index in [4.69, 9.17) is 11.6 Å². The topological polar surface area (TPSA) is 59.8 Å². The zero-order chi connectivity index (χ0) is 20.1. The summed E-state index contributed by atoms with van der Waals surface area (Å²) in [6, 6.07) is 7.88. The van der Waals surface area contributed by atoms with E-state index in [9.17, 15) is 4.79 Å². The molecule has 1 aromatic carbocycles. The summed E-state index contributed by atoms with van der Waals surface area (Å²) in [6.07, 6.45) is 3.09. The van der Waals surface area contributed by atoms with Crippen molar-refractivity contribution in [1.82, 2.24) is 20.1 Å². The van der Waals surface area contributed by atoms with Crippen LogP contribution in [0.15, 0.2) is 29.6 Å². The third kappa shape index (κ3) is 4.80. The van der Waals surface area contributed by atoms with Gasteiger partial charge in [0.2, 0.25) is 11.0 Å². The molecule has 0 aliphatic heterocycles. The number of nitrogens with one attached hydrogen (secondary N) is 1. The van der Waals surface area contributed by atoms with Crippen LogP contribution in [0, 0.1) is 13.8 Å². The molecule has 1 amide bonds. The zero-order valence-electron chi connectivity index (χ0n) is 16.5. The maximum absolute atomic E-state index is 12.0. The molecule has 0 bridgehead atoms. The fraction of sp³-hybridized carbons (Fsp3) is 0.381. The van der Waals surface area contributed by atoms with Gasteiger partial charge in [0.05, 0.1) is 17.8 Å². The Kier molecular flexibility index (Phi) is 6.86. The molecule has 1 N–H and O–H groups in total. The molecular weight excluding hydrogens is 392 g/mol. The Morgan fingerprint density at radius 2 is 2.07 bits per heavy atom. The third-order valence-electron chi connectivity index (χ3n) is 4.68. The van der Waals surface area contributed by atoms with Crippen LogP contribution in [0.1, 0.15) is 48.0 Å². The molecule has 0 atom stereocenters. The van der Waals surface area contributed by atoms with Crippen LogP contribution in [0.5, 0.6) is 0 Å². The van der Waals surface area contributed by atoms with Crippen molar-refractivity contribution in [3.05, 3.63) is 62.9 Å². The molecule has 0 saturated heterocycles. The molecule has 28 heavy (non-hydrogen) atoms. The second-order valence-corrected chi connectivity index (χ2v) is 8.07. The third-order valence-corrected chi connectivity index (χ3v) is 5.91. The van der Waals surface area contributed by atoms with Crippen LogP contribution >= 0.6 is 22.9 Å². The Morgan fingerprint density at radius 1 is 1.29 bits per heavy atom. The Bertz CT molecular complexity index is 963. The number of carbonyl (C=O) groups excluding carboxylic acids is 1. The van der Waals surface area contributed by atoms with E-state index in [0.717, 1.165) is 64.2 Å². The highest BCUT2D eigenvalue weighted by Gasteiger charge is 2.17. The summed E-state index contributed by atoms with van der Waals surface area (Å²) in [4.78, 5) is 16.6. The number of thiazole rings is 1. The predicted octanol–water partition coefficient (Wildman–Crippen LogP) is 4.65. The van der Waals surface area contributed by atoms with E-state index >= 15 is 0 Å². The lowest BCUT2D eigenvalue weighted by Crippen LogP contribution is -2.26. The number of carbonyl (C=O) groups is 1. The van der Waals surface area contributed by atoms with E-state index in [1.54, 1.807) is 0 Å². The molecule has 2 heterocycles. The van der Waals surface area contributed by atoms with Crippen LogP contribution in [0.25, 0.3) is 5.13 Å². The van der Waals surface area contributed by atoms with Crippen molar-refractivity contribution in [2.75, 3.05) is 6.54 Å². The van der Waals surface area contributed by atoms with E-state index in [1.807, 2.05) is 48.2 Å². The molecule has 0 saturated carbocycles. The first kappa shape index (κ1) is 20.6. The first-order valence-electron chi connectivity index (χ1n) is 9.49. The van der Waals surface area contributed by atoms with Crippen molar-refractivity contribution < 1.29 is 4.79 Å². The maximum Gasteiger partial charge on any atom is 0.226 e. The second-order valence-electron chi connectivity index (χ2n) is 6.83. The quantitative estimate of drug-likeness (QED) is 0.544. The Morgan fingerprint density at radius 3 is 2.82 bits per heavy atom. The van der Waals surface area contributed by atoms with Crippen LogP contribution in [0.2, 0.25) is 5.02 Å². The number of aryl methyl sites for hydroxylation is 1. The summed E-state index contributed by atoms with van der Waals surface area (Å²) in [5, 5.41) is 11.1. The highest BCUT2D eigenvalue weighted by atomic mass is 35.5. The van der Waals surface area contributed by atoms with E-state index in [-0.39, 0.29) is 5.91 Å². The number of hydrogen-bond donors (Lipinski definition) is 1. The van der Waals surface area contributed by atoms with E-state index in [1.165, 1.54) is 11.3 Å². The van der Waals surface area contributed by atoms with Gasteiger partial charge in [0, 0.05) is 34.6 Å². The van der Waals surface area contributed by atoms with Gasteiger partial charge in [-0.3, -0.25) is 4.79 Å². The molecule has 0 aliphatic carbocycles. The van der Waals surface area contributed by atoms with Gasteiger partial charge in [-0.15, -0.1) is 11.3 Å². The normalized spacial score (nSPS) is 11.0. The van der Waals surface area contributed by atoms with Crippen LogP contribution in [0.4, 0.5) is 0 Å². The van der Waals surface area contributed by atoms with Crippen LogP contribution in [-0.4, -0.2) is 27.2 Å². The lowest BCUT2D eigenvalue weighted by Gasteiger charge is -2.05. The van der Waals surface area contributed by atoms with Crippen LogP contribution in [-0.2, 0) is 17.6 Å². The summed E-state index contributed by atoms with van der Waals surface area (Å²) >= 11 is 7.83. The molecule has 3 aromatic rings. The van der Waals surface area contributed by atoms with Crippen molar-refractivity contribution in [3.8, 4) is 5.13 Å². The van der Waals surface area contributed by atoms with Gasteiger partial charge in [0.1, 0.15) is 0 Å². The van der Waals surface area contributed by atoms with Gasteiger partial charge >= 0.3 is 0 Å². The monoisotopic (exact) mass is 416 g/mol. The highest BCUT2D eigenvalue weighted by Crippen LogP contribution is 2.25. The van der Waals surface area contributed by atoms with Gasteiger partial charge < -0.3 is 5.32 Å². The van der Waals surface area contributed by atoms with Gasteiger partial charge in [0.15, 0.2) is 0 Å². The molecule has 2 aromatic heterocycles. The standard InChI is InChI=1S/C21H25ClN4OS/c1-4-5-10-23-20(27)12-17-13-28-21(24-17)26-15(3)18(14(2)25-26)11-16-8-6-7-9-19(16)22/h6-9,13H,4-5,10-12H2,1-3H3,(H,23,27). The SMILES string of the molecule is CCCCNC(=O)Cc1csc(-n2nc(C)c(Cc3ccccc3Cl)c2C)n1. The molecule has 3 rings (SSSR count). The minimum absolute atomic E-state index is 0.0121. The summed E-state index contributed by atoms with van der Waals surface area (Å²) in [7, 11) is 0. The number of halogens is 1. The fourth-order valence-corrected chi connectivity index (χ4v) is 4.08. The molecule has 5 nitrogen and oxygen atoms in total. The average molecular weight is 417 g/mol.